The summed E-state index contributed by atoms with van der Waals surface area (Å²) >= 11 is 0. The molecule has 0 bridgehead atoms. The van der Waals surface area contributed by atoms with Crippen LogP contribution in [0.1, 0.15) is 71.1 Å². The minimum Gasteiger partial charge on any atom is -0.629 e. The molecule has 0 aromatic carbocycles. The maximum Gasteiger partial charge on any atom is 0.232 e. The lowest BCUT2D eigenvalue weighted by atomic mass is 10.1. The summed E-state index contributed by atoms with van der Waals surface area (Å²) < 4.78 is 0. The molecule has 0 aliphatic heterocycles. The highest BCUT2D eigenvalue weighted by Gasteiger charge is 2.06. The third kappa shape index (κ3) is 18.1. The van der Waals surface area contributed by atoms with Gasteiger partial charge in [-0.05, 0) is 38.5 Å². The van der Waals surface area contributed by atoms with Crippen LogP contribution in [0.3, 0.4) is 0 Å². The van der Waals surface area contributed by atoms with Crippen molar-refractivity contribution in [2.75, 3.05) is 19.3 Å². The Kier molecular flexibility index (Phi) is 19.6. The lowest BCUT2D eigenvalue weighted by molar-refractivity contribution is -0.153. The fourth-order valence-corrected chi connectivity index (χ4v) is 3.30. The van der Waals surface area contributed by atoms with E-state index in [1.54, 1.807) is 0 Å². The smallest absolute Gasteiger partial charge is 0.232 e. The summed E-state index contributed by atoms with van der Waals surface area (Å²) in [6.07, 6.45) is 23.7. The van der Waals surface area contributed by atoms with E-state index in [2.05, 4.69) is 48.7 Å². The Morgan fingerprint density at radius 2 is 1.61 bits per heavy atom. The minimum absolute atomic E-state index is 0.0168. The zero-order valence-electron chi connectivity index (χ0n) is 17.4. The molecule has 28 heavy (non-hydrogen) atoms. The first-order valence-electron chi connectivity index (χ1n) is 10.5. The van der Waals surface area contributed by atoms with Crippen molar-refractivity contribution in [1.29, 1.82) is 0 Å². The van der Waals surface area contributed by atoms with E-state index in [9.17, 15) is 14.8 Å². The van der Waals surface area contributed by atoms with Gasteiger partial charge in [-0.15, -0.1) is 0 Å². The van der Waals surface area contributed by atoms with Crippen molar-refractivity contribution in [2.24, 2.45) is 5.73 Å². The lowest BCUT2D eigenvalue weighted by Crippen LogP contribution is -2.27. The van der Waals surface area contributed by atoms with Crippen molar-refractivity contribution in [1.82, 2.24) is 5.32 Å². The Hall–Kier alpha value is -1.26. The molecule has 160 valence electrons. The van der Waals surface area contributed by atoms with E-state index >= 15 is 0 Å². The predicted octanol–water partition coefficient (Wildman–Crippen LogP) is 3.91. The second-order valence-electron chi connectivity index (χ2n) is 6.67. The Bertz CT molecular complexity index is 514. The van der Waals surface area contributed by atoms with Gasteiger partial charge in [0.15, 0.2) is 0 Å². The second-order valence-corrected chi connectivity index (χ2v) is 8.39. The Balaban J connectivity index is 3.46. The van der Waals surface area contributed by atoms with Gasteiger partial charge in [0.25, 0.3) is 0 Å². The van der Waals surface area contributed by atoms with E-state index in [4.69, 9.17) is 5.73 Å². The number of aliphatic hydroxyl groups is 1. The van der Waals surface area contributed by atoms with Gasteiger partial charge in [-0.2, -0.15) is 0 Å². The molecule has 0 fully saturated rings. The molecule has 6 heteroatoms. The van der Waals surface area contributed by atoms with Crippen LogP contribution in [0.5, 0.6) is 0 Å². The number of carbonyl (C=O) groups excluding carboxylic acids is 1. The molecule has 0 saturated heterocycles. The highest BCUT2D eigenvalue weighted by Crippen LogP contribution is 2.10. The largest absolute Gasteiger partial charge is 0.629 e. The van der Waals surface area contributed by atoms with Crippen LogP contribution in [0.15, 0.2) is 36.5 Å². The number of nitrogens with two attached hydrogens (primary N) is 1. The average molecular weight is 411 g/mol. The maximum atomic E-state index is 11.7. The first-order chi connectivity index (χ1) is 13.6. The Morgan fingerprint density at radius 1 is 1.00 bits per heavy atom. The van der Waals surface area contributed by atoms with Crippen molar-refractivity contribution in [3.05, 3.63) is 36.5 Å². The van der Waals surface area contributed by atoms with E-state index in [-0.39, 0.29) is 24.1 Å². The molecule has 0 spiro atoms. The van der Waals surface area contributed by atoms with Crippen molar-refractivity contribution in [3.63, 3.8) is 0 Å². The molecule has 1 unspecified atom stereocenters. The van der Waals surface area contributed by atoms with Crippen LogP contribution in [-0.4, -0.2) is 35.7 Å². The van der Waals surface area contributed by atoms with Crippen molar-refractivity contribution in [2.45, 2.75) is 71.1 Å². The molecule has 0 aliphatic carbocycles. The second kappa shape index (κ2) is 20.5. The molecule has 1 amide bonds. The third-order valence-corrected chi connectivity index (χ3v) is 5.55. The fraction of sp³-hybridized carbons (Fsp3) is 0.636. The van der Waals surface area contributed by atoms with Gasteiger partial charge in [0.05, 0.1) is 20.9 Å². The number of allylic oxidation sites excluding steroid dienone is 6. The summed E-state index contributed by atoms with van der Waals surface area (Å²) in [5, 5.41) is 12.0. The summed E-state index contributed by atoms with van der Waals surface area (Å²) in [7, 11) is -1.84. The van der Waals surface area contributed by atoms with E-state index in [0.717, 1.165) is 44.9 Å². The molecule has 0 saturated carbocycles. The van der Waals surface area contributed by atoms with Gasteiger partial charge in [0.1, 0.15) is 6.16 Å². The van der Waals surface area contributed by atoms with Gasteiger partial charge < -0.3 is 21.1 Å². The number of rotatable bonds is 17. The molecular formula is C22H39N2O3P. The zero-order chi connectivity index (χ0) is 20.9. The van der Waals surface area contributed by atoms with E-state index in [1.165, 1.54) is 12.8 Å². The van der Waals surface area contributed by atoms with Crippen molar-refractivity contribution in [3.8, 4) is 0 Å². The number of unbranched alkanes of at least 4 members (excludes halogenated alkanes) is 5. The SMILES string of the molecule is CCC=CCC=CCC=CCCCCCCCC(=O)NCC/[P+]([O-])=C(\O)CN. The van der Waals surface area contributed by atoms with Crippen LogP contribution < -0.4 is 15.9 Å². The van der Waals surface area contributed by atoms with Gasteiger partial charge >= 0.3 is 0 Å². The first kappa shape index (κ1) is 26.7. The monoisotopic (exact) mass is 410 g/mol. The van der Waals surface area contributed by atoms with Crippen molar-refractivity contribution >= 4 is 19.2 Å². The topological polar surface area (TPSA) is 98.4 Å². The van der Waals surface area contributed by atoms with Crippen molar-refractivity contribution < 1.29 is 14.8 Å². The van der Waals surface area contributed by atoms with Crippen LogP contribution >= 0.6 is 7.77 Å². The normalized spacial score (nSPS) is 13.0. The summed E-state index contributed by atoms with van der Waals surface area (Å²) in [5.74, 6) is -0.0168. The highest BCUT2D eigenvalue weighted by molar-refractivity contribution is 7.51. The number of nitrogens with one attached hydrogen (secondary N) is 1. The quantitative estimate of drug-likeness (QED) is 0.192. The third-order valence-electron chi connectivity index (χ3n) is 4.16. The molecule has 0 aromatic heterocycles. The highest BCUT2D eigenvalue weighted by atomic mass is 31.1. The molecule has 0 rings (SSSR count). The first-order valence-corrected chi connectivity index (χ1v) is 12.0. The number of aliphatic hydroxyl groups excluding tert-OH is 1. The molecule has 0 aliphatic rings. The van der Waals surface area contributed by atoms with Gasteiger partial charge in [0, 0.05) is 6.42 Å². The Labute approximate surface area is 172 Å². The summed E-state index contributed by atoms with van der Waals surface area (Å²) in [5.41, 5.74) is 5.02. The standard InChI is InChI=1S/C22H39N2O3P/c1-2-3-4-5-6-7-8-9-10-11-12-13-14-15-16-17-21(25)24-18-19-28(27)22(26)20-23/h3-4,6-7,9-10,26H,2,5,8,11-20,23H2,1H3,(H,24,25). The summed E-state index contributed by atoms with van der Waals surface area (Å²) in [6, 6.07) is 0. The number of amides is 1. The van der Waals surface area contributed by atoms with Crippen LogP contribution in [0.25, 0.3) is 0 Å². The Morgan fingerprint density at radius 3 is 2.29 bits per heavy atom. The van der Waals surface area contributed by atoms with Gasteiger partial charge in [-0.1, -0.05) is 62.6 Å². The number of hydrogen-bond donors (Lipinski definition) is 3. The summed E-state index contributed by atoms with van der Waals surface area (Å²) in [4.78, 5) is 23.2. The van der Waals surface area contributed by atoms with Crippen LogP contribution in [-0.2, 0) is 4.79 Å². The van der Waals surface area contributed by atoms with Gasteiger partial charge in [0.2, 0.25) is 11.4 Å². The molecule has 1 atom stereocenters. The van der Waals surface area contributed by atoms with Crippen LogP contribution in [0.4, 0.5) is 0 Å². The minimum atomic E-state index is -1.84. The predicted molar refractivity (Wildman–Crippen MR) is 120 cm³/mol. The van der Waals surface area contributed by atoms with Crippen LogP contribution in [0, 0.1) is 0 Å². The molecule has 0 radical (unpaired) electrons. The maximum absolute atomic E-state index is 11.7. The molecular weight excluding hydrogens is 371 g/mol. The van der Waals surface area contributed by atoms with E-state index < -0.39 is 7.77 Å². The molecule has 5 nitrogen and oxygen atoms in total. The average Bonchev–Trinajstić information content (AvgIpc) is 2.70. The lowest BCUT2D eigenvalue weighted by Gasteiger charge is -2.05. The molecule has 4 N–H and O–H groups in total. The zero-order valence-corrected chi connectivity index (χ0v) is 18.3. The van der Waals surface area contributed by atoms with E-state index in [1.807, 2.05) is 0 Å². The molecule has 0 aromatic rings. The van der Waals surface area contributed by atoms with Gasteiger partial charge in [-0.25, -0.2) is 0 Å². The van der Waals surface area contributed by atoms with Gasteiger partial charge in [-0.3, -0.25) is 4.79 Å². The number of carbonyl (C=O) groups is 1. The summed E-state index contributed by atoms with van der Waals surface area (Å²) in [6.45, 7) is 2.37. The number of hydrogen-bond acceptors (Lipinski definition) is 3. The molecule has 0 heterocycles. The fourth-order valence-electron chi connectivity index (χ4n) is 2.52. The van der Waals surface area contributed by atoms with E-state index in [0.29, 0.717) is 13.0 Å². The van der Waals surface area contributed by atoms with Crippen LogP contribution in [0.2, 0.25) is 0 Å².